The first-order chi connectivity index (χ1) is 11.3. The van der Waals surface area contributed by atoms with Crippen molar-refractivity contribution in [1.29, 1.82) is 0 Å². The molecule has 1 N–H and O–H groups in total. The zero-order valence-electron chi connectivity index (χ0n) is 15.0. The lowest BCUT2D eigenvalue weighted by atomic mass is 9.87. The number of carbonyl (C=O) groups is 1. The second-order valence-electron chi connectivity index (χ2n) is 8.26. The summed E-state index contributed by atoms with van der Waals surface area (Å²) in [6.07, 6.45) is 4.16. The third-order valence-corrected chi connectivity index (χ3v) is 5.42. The topological polar surface area (TPSA) is 67.6 Å². The average molecular weight is 335 g/mol. The molecule has 24 heavy (non-hydrogen) atoms. The fraction of sp³-hybridized carbons (Fsp3) is 0.778. The van der Waals surface area contributed by atoms with Gasteiger partial charge in [-0.3, -0.25) is 4.68 Å². The Morgan fingerprint density at radius 2 is 2.12 bits per heavy atom. The highest BCUT2D eigenvalue weighted by Gasteiger charge is 2.44. The zero-order chi connectivity index (χ0) is 17.4. The molecule has 2 fully saturated rings. The summed E-state index contributed by atoms with van der Waals surface area (Å²) in [4.78, 5) is 14.5. The number of aromatic nitrogens is 2. The van der Waals surface area contributed by atoms with Crippen molar-refractivity contribution in [3.8, 4) is 0 Å². The van der Waals surface area contributed by atoms with Gasteiger partial charge in [-0.25, -0.2) is 4.79 Å². The first-order valence-corrected chi connectivity index (χ1v) is 8.91. The molecule has 6 heteroatoms. The van der Waals surface area contributed by atoms with Crippen LogP contribution in [0.25, 0.3) is 0 Å². The van der Waals surface area contributed by atoms with Gasteiger partial charge in [0.1, 0.15) is 0 Å². The lowest BCUT2D eigenvalue weighted by Crippen LogP contribution is -2.52. The molecule has 0 aromatic carbocycles. The number of likely N-dealkylation sites (tertiary alicyclic amines) is 1. The standard InChI is InChI=1S/C18H29N3O3/c1-17(2,3)15-4-8-21(19-15)18(16(22)23)6-9-20(10-7-18)12-14-5-11-24-13-14/h4,8,14H,5-7,9-13H2,1-3H3,(H,22,23)/t14-/m0/s1. The third-order valence-electron chi connectivity index (χ3n) is 5.42. The van der Waals surface area contributed by atoms with Gasteiger partial charge >= 0.3 is 5.97 Å². The minimum atomic E-state index is -0.911. The van der Waals surface area contributed by atoms with E-state index >= 15 is 0 Å². The minimum Gasteiger partial charge on any atom is -0.479 e. The number of carboxylic acid groups (broad SMARTS) is 1. The van der Waals surface area contributed by atoms with Crippen LogP contribution in [0.4, 0.5) is 0 Å². The van der Waals surface area contributed by atoms with Crippen LogP contribution in [0.5, 0.6) is 0 Å². The Balaban J connectivity index is 1.71. The normalized spacial score (nSPS) is 25.0. The number of ether oxygens (including phenoxy) is 1. The number of rotatable bonds is 4. The van der Waals surface area contributed by atoms with Crippen molar-refractivity contribution in [2.45, 2.75) is 51.0 Å². The second kappa shape index (κ2) is 6.48. The summed E-state index contributed by atoms with van der Waals surface area (Å²) in [6.45, 7) is 10.6. The first-order valence-electron chi connectivity index (χ1n) is 8.91. The SMILES string of the molecule is CC(C)(C)c1ccn(C2(C(=O)O)CCN(C[C@@H]3CCOC3)CC2)n1. The summed E-state index contributed by atoms with van der Waals surface area (Å²) in [7, 11) is 0. The monoisotopic (exact) mass is 335 g/mol. The van der Waals surface area contributed by atoms with E-state index in [1.54, 1.807) is 4.68 Å². The highest BCUT2D eigenvalue weighted by Crippen LogP contribution is 2.32. The summed E-state index contributed by atoms with van der Waals surface area (Å²) < 4.78 is 7.15. The van der Waals surface area contributed by atoms with E-state index in [9.17, 15) is 9.90 Å². The fourth-order valence-electron chi connectivity index (χ4n) is 3.70. The van der Waals surface area contributed by atoms with Crippen LogP contribution in [0.1, 0.15) is 45.7 Å². The van der Waals surface area contributed by atoms with Crippen LogP contribution >= 0.6 is 0 Å². The summed E-state index contributed by atoms with van der Waals surface area (Å²) in [5, 5.41) is 14.5. The van der Waals surface area contributed by atoms with E-state index in [0.29, 0.717) is 18.8 Å². The minimum absolute atomic E-state index is 0.0753. The third kappa shape index (κ3) is 3.35. The maximum Gasteiger partial charge on any atom is 0.331 e. The Labute approximate surface area is 143 Å². The number of piperidine rings is 1. The van der Waals surface area contributed by atoms with E-state index in [1.807, 2.05) is 12.3 Å². The number of hydrogen-bond acceptors (Lipinski definition) is 4. The summed E-state index contributed by atoms with van der Waals surface area (Å²) in [5.41, 5.74) is -0.0472. The highest BCUT2D eigenvalue weighted by molar-refractivity contribution is 5.76. The van der Waals surface area contributed by atoms with Crippen molar-refractivity contribution in [3.63, 3.8) is 0 Å². The van der Waals surface area contributed by atoms with Crippen molar-refractivity contribution in [3.05, 3.63) is 18.0 Å². The van der Waals surface area contributed by atoms with E-state index in [1.165, 1.54) is 0 Å². The van der Waals surface area contributed by atoms with Gasteiger partial charge in [-0.1, -0.05) is 20.8 Å². The van der Waals surface area contributed by atoms with Crippen molar-refractivity contribution < 1.29 is 14.6 Å². The molecule has 0 unspecified atom stereocenters. The Morgan fingerprint density at radius 3 is 2.62 bits per heavy atom. The van der Waals surface area contributed by atoms with Gasteiger partial charge in [0, 0.05) is 37.9 Å². The molecular formula is C18H29N3O3. The molecule has 1 atom stereocenters. The molecule has 0 amide bonds. The maximum absolute atomic E-state index is 12.1. The Kier molecular flexibility index (Phi) is 4.71. The summed E-state index contributed by atoms with van der Waals surface area (Å²) >= 11 is 0. The van der Waals surface area contributed by atoms with Crippen molar-refractivity contribution in [1.82, 2.24) is 14.7 Å². The molecule has 0 radical (unpaired) electrons. The van der Waals surface area contributed by atoms with E-state index in [-0.39, 0.29) is 5.41 Å². The molecule has 2 saturated heterocycles. The van der Waals surface area contributed by atoms with E-state index in [4.69, 9.17) is 4.74 Å². The Bertz CT molecular complexity index is 577. The average Bonchev–Trinajstić information content (AvgIpc) is 3.18. The summed E-state index contributed by atoms with van der Waals surface area (Å²) in [6, 6.07) is 1.95. The first kappa shape index (κ1) is 17.4. The smallest absolute Gasteiger partial charge is 0.331 e. The molecule has 1 aromatic heterocycles. The number of carboxylic acids is 1. The number of aliphatic carboxylic acids is 1. The summed E-state index contributed by atoms with van der Waals surface area (Å²) in [5.74, 6) is -0.172. The molecule has 2 aliphatic heterocycles. The van der Waals surface area contributed by atoms with E-state index < -0.39 is 11.5 Å². The zero-order valence-corrected chi connectivity index (χ0v) is 15.0. The quantitative estimate of drug-likeness (QED) is 0.912. The van der Waals surface area contributed by atoms with Crippen molar-refractivity contribution >= 4 is 5.97 Å². The van der Waals surface area contributed by atoms with Crippen molar-refractivity contribution in [2.24, 2.45) is 5.92 Å². The second-order valence-corrected chi connectivity index (χ2v) is 8.26. The lowest BCUT2D eigenvalue weighted by Gasteiger charge is -2.39. The molecule has 6 nitrogen and oxygen atoms in total. The molecule has 0 spiro atoms. The van der Waals surface area contributed by atoms with Gasteiger partial charge < -0.3 is 14.7 Å². The molecule has 0 bridgehead atoms. The molecule has 0 aliphatic carbocycles. The van der Waals surface area contributed by atoms with Crippen LogP contribution < -0.4 is 0 Å². The van der Waals surface area contributed by atoms with Gasteiger partial charge in [-0.2, -0.15) is 5.10 Å². The van der Waals surface area contributed by atoms with Crippen molar-refractivity contribution in [2.75, 3.05) is 32.8 Å². The van der Waals surface area contributed by atoms with Gasteiger partial charge in [0.15, 0.2) is 5.54 Å². The van der Waals surface area contributed by atoms with Gasteiger partial charge in [-0.15, -0.1) is 0 Å². The van der Waals surface area contributed by atoms with Crippen LogP contribution in [0, 0.1) is 5.92 Å². The molecule has 1 aromatic rings. The largest absolute Gasteiger partial charge is 0.479 e. The predicted octanol–water partition coefficient (Wildman–Crippen LogP) is 2.09. The number of nitrogens with zero attached hydrogens (tertiary/aromatic N) is 3. The Morgan fingerprint density at radius 1 is 1.42 bits per heavy atom. The molecule has 134 valence electrons. The predicted molar refractivity (Wildman–Crippen MR) is 91.1 cm³/mol. The van der Waals surface area contributed by atoms with Crippen LogP contribution in [-0.2, 0) is 20.5 Å². The van der Waals surface area contributed by atoms with E-state index in [0.717, 1.165) is 45.0 Å². The highest BCUT2D eigenvalue weighted by atomic mass is 16.5. The van der Waals surface area contributed by atoms with Crippen LogP contribution in [0.2, 0.25) is 0 Å². The maximum atomic E-state index is 12.1. The van der Waals surface area contributed by atoms with Gasteiger partial charge in [-0.05, 0) is 31.2 Å². The van der Waals surface area contributed by atoms with Crippen LogP contribution in [0.3, 0.4) is 0 Å². The molecule has 3 rings (SSSR count). The van der Waals surface area contributed by atoms with Crippen LogP contribution in [0.15, 0.2) is 12.3 Å². The number of hydrogen-bond donors (Lipinski definition) is 1. The van der Waals surface area contributed by atoms with E-state index in [2.05, 4.69) is 30.8 Å². The lowest BCUT2D eigenvalue weighted by molar-refractivity contribution is -0.151. The van der Waals surface area contributed by atoms with Gasteiger partial charge in [0.05, 0.1) is 12.3 Å². The molecule has 3 heterocycles. The molecule has 0 saturated carbocycles. The molecule has 2 aliphatic rings. The van der Waals surface area contributed by atoms with Gasteiger partial charge in [0.2, 0.25) is 0 Å². The fourth-order valence-corrected chi connectivity index (χ4v) is 3.70. The Hall–Kier alpha value is -1.40. The molecular weight excluding hydrogens is 306 g/mol. The van der Waals surface area contributed by atoms with Gasteiger partial charge in [0.25, 0.3) is 0 Å². The van der Waals surface area contributed by atoms with Crippen LogP contribution in [-0.4, -0.2) is 58.6 Å².